The van der Waals surface area contributed by atoms with Gasteiger partial charge in [-0.25, -0.2) is 0 Å². The van der Waals surface area contributed by atoms with Crippen molar-refractivity contribution in [2.24, 2.45) is 5.92 Å². The van der Waals surface area contributed by atoms with E-state index in [1.54, 1.807) is 0 Å². The van der Waals surface area contributed by atoms with Gasteiger partial charge in [-0.2, -0.15) is 0 Å². The molecule has 0 amide bonds. The third-order valence-corrected chi connectivity index (χ3v) is 9.12. The van der Waals surface area contributed by atoms with Crippen molar-refractivity contribution >= 4 is 5.78 Å². The predicted molar refractivity (Wildman–Crippen MR) is 188 cm³/mol. The van der Waals surface area contributed by atoms with E-state index in [9.17, 15) is 4.79 Å². The summed E-state index contributed by atoms with van der Waals surface area (Å²) in [5, 5.41) is 0. The minimum Gasteiger partial charge on any atom is -0.498 e. The Balaban J connectivity index is 4.19. The van der Waals surface area contributed by atoms with Gasteiger partial charge in [0.2, 0.25) is 0 Å². The van der Waals surface area contributed by atoms with Crippen LogP contribution >= 0.6 is 0 Å². The molecule has 0 bridgehead atoms. The van der Waals surface area contributed by atoms with E-state index in [1.807, 2.05) is 0 Å². The van der Waals surface area contributed by atoms with Gasteiger partial charge in [0.15, 0.2) is 0 Å². The van der Waals surface area contributed by atoms with Gasteiger partial charge >= 0.3 is 0 Å². The molecular formula is C40H78O2. The zero-order valence-electron chi connectivity index (χ0n) is 29.4. The number of unbranched alkanes of at least 4 members (excludes halogenated alkanes) is 25. The molecule has 0 aliphatic carbocycles. The second-order valence-electron chi connectivity index (χ2n) is 13.6. The normalized spacial score (nSPS) is 12.1. The van der Waals surface area contributed by atoms with Gasteiger partial charge in [-0.15, -0.1) is 0 Å². The Morgan fingerprint density at radius 2 is 0.810 bits per heavy atom. The first-order valence-electron chi connectivity index (χ1n) is 19.5. The van der Waals surface area contributed by atoms with E-state index in [4.69, 9.17) is 4.74 Å². The van der Waals surface area contributed by atoms with Crippen molar-refractivity contribution in [3.05, 3.63) is 12.3 Å². The lowest BCUT2D eigenvalue weighted by molar-refractivity contribution is -0.120. The molecule has 1 unspecified atom stereocenters. The second kappa shape index (κ2) is 34.7. The van der Waals surface area contributed by atoms with E-state index in [-0.39, 0.29) is 0 Å². The van der Waals surface area contributed by atoms with Gasteiger partial charge in [0, 0.05) is 19.3 Å². The molecule has 0 aliphatic heterocycles. The van der Waals surface area contributed by atoms with Crippen molar-refractivity contribution in [3.8, 4) is 0 Å². The number of hydrogen-bond acceptors (Lipinski definition) is 2. The largest absolute Gasteiger partial charge is 0.498 e. The van der Waals surface area contributed by atoms with E-state index in [0.29, 0.717) is 24.7 Å². The summed E-state index contributed by atoms with van der Waals surface area (Å²) in [6.07, 6.45) is 41.1. The Kier molecular flexibility index (Phi) is 34.0. The maximum absolute atomic E-state index is 12.9. The highest BCUT2D eigenvalue weighted by molar-refractivity contribution is 5.78. The van der Waals surface area contributed by atoms with Crippen molar-refractivity contribution in [3.63, 3.8) is 0 Å². The smallest absolute Gasteiger partial charge is 0.133 e. The van der Waals surface area contributed by atoms with Crippen LogP contribution in [0.4, 0.5) is 0 Å². The first-order valence-corrected chi connectivity index (χ1v) is 19.5. The molecule has 2 heteroatoms. The molecule has 0 fully saturated rings. The zero-order chi connectivity index (χ0) is 30.8. The lowest BCUT2D eigenvalue weighted by Crippen LogP contribution is -2.15. The van der Waals surface area contributed by atoms with Gasteiger partial charge in [0.05, 0.1) is 12.4 Å². The fraction of sp³-hybridized carbons (Fsp3) is 0.925. The van der Waals surface area contributed by atoms with Crippen LogP contribution in [0.15, 0.2) is 12.3 Å². The van der Waals surface area contributed by atoms with Crippen molar-refractivity contribution in [1.29, 1.82) is 0 Å². The van der Waals surface area contributed by atoms with E-state index >= 15 is 0 Å². The highest BCUT2D eigenvalue weighted by Gasteiger charge is 2.15. The zero-order valence-corrected chi connectivity index (χ0v) is 29.4. The van der Waals surface area contributed by atoms with Gasteiger partial charge in [0.1, 0.15) is 5.78 Å². The molecule has 0 aliphatic rings. The van der Waals surface area contributed by atoms with E-state index in [0.717, 1.165) is 31.4 Å². The number of carbonyl (C=O) groups excluding carboxylic acids is 1. The summed E-state index contributed by atoms with van der Waals surface area (Å²) in [6, 6.07) is 0. The minimum absolute atomic E-state index is 0.366. The van der Waals surface area contributed by atoms with Crippen LogP contribution < -0.4 is 0 Å². The van der Waals surface area contributed by atoms with Crippen LogP contribution in [0.2, 0.25) is 0 Å². The van der Waals surface area contributed by atoms with Crippen molar-refractivity contribution in [1.82, 2.24) is 0 Å². The second-order valence-corrected chi connectivity index (χ2v) is 13.6. The van der Waals surface area contributed by atoms with Crippen LogP contribution in [-0.4, -0.2) is 12.4 Å². The van der Waals surface area contributed by atoms with Crippen LogP contribution in [-0.2, 0) is 9.53 Å². The maximum atomic E-state index is 12.9. The van der Waals surface area contributed by atoms with Crippen molar-refractivity contribution in [2.45, 2.75) is 226 Å². The van der Waals surface area contributed by atoms with E-state index in [1.165, 1.54) is 173 Å². The quantitative estimate of drug-likeness (QED) is 0.0536. The molecule has 0 aromatic heterocycles. The molecular weight excluding hydrogens is 512 g/mol. The van der Waals surface area contributed by atoms with Gasteiger partial charge in [-0.1, -0.05) is 194 Å². The highest BCUT2D eigenvalue weighted by Crippen LogP contribution is 2.21. The molecule has 0 heterocycles. The Hall–Kier alpha value is -0.790. The average Bonchev–Trinajstić information content (AvgIpc) is 2.99. The van der Waals surface area contributed by atoms with Crippen molar-refractivity contribution < 1.29 is 9.53 Å². The summed E-state index contributed by atoms with van der Waals surface area (Å²) in [5.74, 6) is 1.77. The molecule has 0 aromatic rings. The SMILES string of the molecule is C=C(CCCCCCCCCCC)OCC(CCCCCCCCCCCC)CC(=O)CCCCCCCCCCC. The number of ether oxygens (including phenoxy) is 1. The standard InChI is InChI=1S/C40H78O2/c1-5-8-11-14-17-20-23-25-28-31-34-39(36-40(41)35-32-29-26-22-19-16-13-10-7-3)37-42-38(4)33-30-27-24-21-18-15-12-9-6-2/h39H,4-37H2,1-3H3. The topological polar surface area (TPSA) is 26.3 Å². The first kappa shape index (κ1) is 41.2. The van der Waals surface area contributed by atoms with Crippen LogP contribution in [0, 0.1) is 5.92 Å². The Bertz CT molecular complexity index is 554. The van der Waals surface area contributed by atoms with Crippen LogP contribution in [0.5, 0.6) is 0 Å². The highest BCUT2D eigenvalue weighted by atomic mass is 16.5. The molecule has 250 valence electrons. The van der Waals surface area contributed by atoms with Gasteiger partial charge in [-0.05, 0) is 25.2 Å². The number of Topliss-reactive ketones (excluding diaryl/α,β-unsaturated/α-hetero) is 1. The Morgan fingerprint density at radius 1 is 0.476 bits per heavy atom. The third kappa shape index (κ3) is 32.1. The number of carbonyl (C=O) groups is 1. The van der Waals surface area contributed by atoms with Crippen LogP contribution in [0.1, 0.15) is 226 Å². The molecule has 42 heavy (non-hydrogen) atoms. The Morgan fingerprint density at radius 3 is 1.21 bits per heavy atom. The number of rotatable bonds is 36. The number of allylic oxidation sites excluding steroid dienone is 1. The molecule has 0 spiro atoms. The molecule has 1 atom stereocenters. The Labute approximate surface area is 266 Å². The predicted octanol–water partition coefficient (Wildman–Crippen LogP) is 14.2. The average molecular weight is 591 g/mol. The monoisotopic (exact) mass is 591 g/mol. The fourth-order valence-corrected chi connectivity index (χ4v) is 6.16. The molecule has 0 aromatic carbocycles. The minimum atomic E-state index is 0.366. The summed E-state index contributed by atoms with van der Waals surface area (Å²) in [5.41, 5.74) is 0. The van der Waals surface area contributed by atoms with E-state index < -0.39 is 0 Å². The lowest BCUT2D eigenvalue weighted by atomic mass is 9.94. The molecule has 0 saturated carbocycles. The van der Waals surface area contributed by atoms with Gasteiger partial charge in [-0.3, -0.25) is 4.79 Å². The van der Waals surface area contributed by atoms with E-state index in [2.05, 4.69) is 27.4 Å². The van der Waals surface area contributed by atoms with Crippen LogP contribution in [0.3, 0.4) is 0 Å². The third-order valence-electron chi connectivity index (χ3n) is 9.12. The summed E-state index contributed by atoms with van der Waals surface area (Å²) in [4.78, 5) is 12.9. The van der Waals surface area contributed by atoms with Gasteiger partial charge in [0.25, 0.3) is 0 Å². The number of ketones is 1. The molecule has 2 nitrogen and oxygen atoms in total. The van der Waals surface area contributed by atoms with Crippen molar-refractivity contribution in [2.75, 3.05) is 6.61 Å². The molecule has 0 rings (SSSR count). The van der Waals surface area contributed by atoms with Crippen LogP contribution in [0.25, 0.3) is 0 Å². The summed E-state index contributed by atoms with van der Waals surface area (Å²) < 4.78 is 6.17. The molecule has 0 N–H and O–H groups in total. The molecule has 0 radical (unpaired) electrons. The fourth-order valence-electron chi connectivity index (χ4n) is 6.16. The number of hydrogen-bond donors (Lipinski definition) is 0. The maximum Gasteiger partial charge on any atom is 0.133 e. The summed E-state index contributed by atoms with van der Waals surface area (Å²) in [7, 11) is 0. The summed E-state index contributed by atoms with van der Waals surface area (Å²) in [6.45, 7) is 11.8. The summed E-state index contributed by atoms with van der Waals surface area (Å²) >= 11 is 0. The molecule has 0 saturated heterocycles. The lowest BCUT2D eigenvalue weighted by Gasteiger charge is -2.18. The van der Waals surface area contributed by atoms with Gasteiger partial charge < -0.3 is 4.74 Å². The first-order chi connectivity index (χ1) is 20.6.